The summed E-state index contributed by atoms with van der Waals surface area (Å²) >= 11 is 0. The van der Waals surface area contributed by atoms with Crippen LogP contribution in [0, 0.1) is 11.3 Å². The maximum atomic E-state index is 12.6. The third-order valence-electron chi connectivity index (χ3n) is 9.84. The molecule has 0 saturated heterocycles. The van der Waals surface area contributed by atoms with Gasteiger partial charge in [-0.2, -0.15) is 10.4 Å². The molecule has 0 aliphatic rings. The lowest BCUT2D eigenvalue weighted by Gasteiger charge is -2.36. The molecule has 0 aliphatic carbocycles. The second-order valence-corrected chi connectivity index (χ2v) is 12.9. The van der Waals surface area contributed by atoms with Crippen molar-refractivity contribution < 1.29 is 9.90 Å². The van der Waals surface area contributed by atoms with Gasteiger partial charge in [0, 0.05) is 23.3 Å². The fourth-order valence-electron chi connectivity index (χ4n) is 7.39. The Bertz CT molecular complexity index is 2780. The predicted molar refractivity (Wildman–Crippen MR) is 207 cm³/mol. The maximum Gasteiger partial charge on any atom is 0.337 e. The van der Waals surface area contributed by atoms with Gasteiger partial charge in [0.2, 0.25) is 0 Å². The summed E-state index contributed by atoms with van der Waals surface area (Å²) in [7, 11) is 0. The van der Waals surface area contributed by atoms with Gasteiger partial charge < -0.3 is 5.11 Å². The Kier molecular flexibility index (Phi) is 7.83. The van der Waals surface area contributed by atoms with E-state index in [1.54, 1.807) is 30.7 Å². The van der Waals surface area contributed by atoms with E-state index in [1.165, 1.54) is 0 Å². The van der Waals surface area contributed by atoms with E-state index >= 15 is 0 Å². The molecule has 0 spiro atoms. The summed E-state index contributed by atoms with van der Waals surface area (Å²) in [4.78, 5) is 26.4. The van der Waals surface area contributed by atoms with Gasteiger partial charge in [0.1, 0.15) is 29.1 Å². The smallest absolute Gasteiger partial charge is 0.337 e. The van der Waals surface area contributed by atoms with Crippen molar-refractivity contribution in [3.05, 3.63) is 198 Å². The van der Waals surface area contributed by atoms with E-state index in [-0.39, 0.29) is 11.3 Å². The minimum absolute atomic E-state index is 0.0514. The van der Waals surface area contributed by atoms with Crippen molar-refractivity contribution in [1.29, 1.82) is 5.26 Å². The molecule has 4 aromatic heterocycles. The van der Waals surface area contributed by atoms with E-state index in [2.05, 4.69) is 52.4 Å². The van der Waals surface area contributed by atoms with Crippen LogP contribution < -0.4 is 0 Å². The number of pyridine rings is 2. The fraction of sp³-hybridized carbons (Fsp3) is 0.0222. The third-order valence-corrected chi connectivity index (χ3v) is 9.84. The first-order chi connectivity index (χ1) is 26.5. The van der Waals surface area contributed by atoms with Crippen molar-refractivity contribution in [2.45, 2.75) is 5.54 Å². The molecule has 54 heavy (non-hydrogen) atoms. The second kappa shape index (κ2) is 13.1. The molecule has 9 rings (SSSR count). The van der Waals surface area contributed by atoms with Gasteiger partial charge in [0.25, 0.3) is 0 Å². The lowest BCUT2D eigenvalue weighted by Crippen LogP contribution is -2.38. The van der Waals surface area contributed by atoms with Crippen LogP contribution in [0.4, 0.5) is 0 Å². The van der Waals surface area contributed by atoms with Crippen LogP contribution in [0.1, 0.15) is 32.7 Å². The Morgan fingerprint density at radius 1 is 0.704 bits per heavy atom. The van der Waals surface area contributed by atoms with Crippen molar-refractivity contribution in [3.8, 4) is 34.1 Å². The quantitative estimate of drug-likeness (QED) is 0.157. The monoisotopic (exact) mass is 699 g/mol. The molecular weight excluding hydrogens is 671 g/mol. The average molecular weight is 700 g/mol. The lowest BCUT2D eigenvalue weighted by molar-refractivity contribution is 0.0699. The minimum atomic E-state index is -1.10. The molecule has 0 bridgehead atoms. The van der Waals surface area contributed by atoms with Crippen molar-refractivity contribution in [2.24, 2.45) is 0 Å². The molecule has 9 nitrogen and oxygen atoms in total. The standard InChI is InChI=1S/C45H29N7O2/c46-26-36-22-30(20-21-47-36)31-23-38(44(53)54)43-42(24-31)51(29-48-43)41-25-40(50-39-19-11-10-18-37(39)41)32-27-49-52(28-32)45(33-12-4-1-5-13-33,34-14-6-2-7-15-34)35-16-8-3-9-17-35/h1-25,27-29H,(H,53,54). The number of aromatic carboxylic acids is 1. The number of carboxylic acid groups (broad SMARTS) is 1. The summed E-state index contributed by atoms with van der Waals surface area (Å²) in [6.07, 6.45) is 7.07. The summed E-state index contributed by atoms with van der Waals surface area (Å²) in [5.41, 5.74) is 7.87. The van der Waals surface area contributed by atoms with E-state index in [4.69, 9.17) is 10.1 Å². The Balaban J connectivity index is 1.26. The number of fused-ring (bicyclic) bond motifs is 2. The van der Waals surface area contributed by atoms with Gasteiger partial charge in [-0.3, -0.25) is 9.25 Å². The molecule has 1 N–H and O–H groups in total. The number of nitrogens with zero attached hydrogens (tertiary/aromatic N) is 7. The normalized spacial score (nSPS) is 11.5. The second-order valence-electron chi connectivity index (χ2n) is 12.9. The maximum absolute atomic E-state index is 12.6. The molecule has 5 aromatic carbocycles. The molecule has 0 saturated carbocycles. The van der Waals surface area contributed by atoms with Gasteiger partial charge in [0.15, 0.2) is 0 Å². The third kappa shape index (κ3) is 5.29. The van der Waals surface area contributed by atoms with Crippen LogP contribution in [0.15, 0.2) is 171 Å². The van der Waals surface area contributed by atoms with Crippen LogP contribution in [-0.4, -0.2) is 40.4 Å². The molecule has 256 valence electrons. The summed E-state index contributed by atoms with van der Waals surface area (Å²) in [6.45, 7) is 0. The van der Waals surface area contributed by atoms with Crippen LogP contribution in [0.25, 0.3) is 50.0 Å². The molecular formula is C45H29N7O2. The first-order valence-electron chi connectivity index (χ1n) is 17.3. The van der Waals surface area contributed by atoms with Crippen molar-refractivity contribution in [1.82, 2.24) is 29.3 Å². The van der Waals surface area contributed by atoms with Gasteiger partial charge >= 0.3 is 5.97 Å². The van der Waals surface area contributed by atoms with Crippen LogP contribution >= 0.6 is 0 Å². The van der Waals surface area contributed by atoms with Crippen LogP contribution in [0.3, 0.4) is 0 Å². The average Bonchev–Trinajstić information content (AvgIpc) is 3.90. The number of hydrogen-bond donors (Lipinski definition) is 1. The zero-order valence-corrected chi connectivity index (χ0v) is 28.7. The number of hydrogen-bond acceptors (Lipinski definition) is 6. The lowest BCUT2D eigenvalue weighted by atomic mass is 9.77. The largest absolute Gasteiger partial charge is 0.478 e. The number of aromatic nitrogens is 6. The van der Waals surface area contributed by atoms with E-state index in [1.807, 2.05) is 113 Å². The minimum Gasteiger partial charge on any atom is -0.478 e. The highest BCUT2D eigenvalue weighted by Crippen LogP contribution is 2.41. The van der Waals surface area contributed by atoms with Crippen LogP contribution in [0.2, 0.25) is 0 Å². The number of rotatable bonds is 8. The van der Waals surface area contributed by atoms with Crippen LogP contribution in [0.5, 0.6) is 0 Å². The molecule has 9 aromatic rings. The molecule has 0 unspecified atom stereocenters. The van der Waals surface area contributed by atoms with Gasteiger partial charge in [-0.15, -0.1) is 0 Å². The summed E-state index contributed by atoms with van der Waals surface area (Å²) in [5, 5.41) is 25.7. The highest BCUT2D eigenvalue weighted by atomic mass is 16.4. The summed E-state index contributed by atoms with van der Waals surface area (Å²) < 4.78 is 3.92. The first-order valence-corrected chi connectivity index (χ1v) is 17.3. The topological polar surface area (TPSA) is 123 Å². The van der Waals surface area contributed by atoms with Crippen molar-refractivity contribution >= 4 is 27.9 Å². The number of carbonyl (C=O) groups is 1. The van der Waals surface area contributed by atoms with Gasteiger partial charge in [-0.1, -0.05) is 109 Å². The van der Waals surface area contributed by atoms with E-state index in [0.717, 1.165) is 38.8 Å². The molecule has 0 aliphatic heterocycles. The van der Waals surface area contributed by atoms with Gasteiger partial charge in [-0.25, -0.2) is 19.7 Å². The van der Waals surface area contributed by atoms with E-state index in [0.29, 0.717) is 27.9 Å². The van der Waals surface area contributed by atoms with Crippen molar-refractivity contribution in [3.63, 3.8) is 0 Å². The van der Waals surface area contributed by atoms with Crippen LogP contribution in [-0.2, 0) is 5.54 Å². The molecule has 0 radical (unpaired) electrons. The number of benzene rings is 5. The van der Waals surface area contributed by atoms with E-state index in [9.17, 15) is 15.2 Å². The molecule has 0 fully saturated rings. The zero-order valence-electron chi connectivity index (χ0n) is 28.7. The molecule has 4 heterocycles. The number of para-hydroxylation sites is 1. The molecule has 0 atom stereocenters. The van der Waals surface area contributed by atoms with Gasteiger partial charge in [0.05, 0.1) is 34.2 Å². The highest BCUT2D eigenvalue weighted by Gasteiger charge is 2.39. The molecule has 9 heteroatoms. The molecule has 0 amide bonds. The van der Waals surface area contributed by atoms with E-state index < -0.39 is 11.5 Å². The zero-order chi connectivity index (χ0) is 36.6. The van der Waals surface area contributed by atoms with Crippen molar-refractivity contribution in [2.75, 3.05) is 0 Å². The Morgan fingerprint density at radius 2 is 1.35 bits per heavy atom. The van der Waals surface area contributed by atoms with Gasteiger partial charge in [-0.05, 0) is 64.2 Å². The predicted octanol–water partition coefficient (Wildman–Crippen LogP) is 8.91. The fourth-order valence-corrected chi connectivity index (χ4v) is 7.39. The Hall–Kier alpha value is -7.70. The summed E-state index contributed by atoms with van der Waals surface area (Å²) in [5.74, 6) is -1.10. The number of carboxylic acids is 1. The Morgan fingerprint density at radius 3 is 2.00 bits per heavy atom. The number of imidazole rings is 1. The Labute approximate surface area is 309 Å². The highest BCUT2D eigenvalue weighted by molar-refractivity contribution is 6.04. The first kappa shape index (κ1) is 32.2. The SMILES string of the molecule is N#Cc1cc(-c2cc(C(=O)O)c3ncn(-c4cc(-c5cnn(C(c6ccccc6)(c6ccccc6)c6ccccc6)c5)nc5ccccc45)c3c2)ccn1. The number of nitriles is 1. The summed E-state index contributed by atoms with van der Waals surface area (Å²) in [6, 6.07) is 49.9.